The van der Waals surface area contributed by atoms with Gasteiger partial charge in [-0.25, -0.2) is 0 Å². The smallest absolute Gasteiger partial charge is 0.254 e. The number of nitrogens with one attached hydrogen (secondary N) is 3. The lowest BCUT2D eigenvalue weighted by Crippen LogP contribution is -2.28. The van der Waals surface area contributed by atoms with Crippen LogP contribution in [0.1, 0.15) is 52.9 Å². The van der Waals surface area contributed by atoms with Gasteiger partial charge in [0.15, 0.2) is 0 Å². The molecule has 1 unspecified atom stereocenters. The number of thiophene rings is 1. The van der Waals surface area contributed by atoms with Crippen molar-refractivity contribution in [3.63, 3.8) is 0 Å². The molecule has 0 saturated heterocycles. The number of rotatable bonds is 6. The average molecular weight is 360 g/mol. The lowest BCUT2D eigenvalue weighted by Gasteiger charge is -2.15. The van der Waals surface area contributed by atoms with Crippen molar-refractivity contribution in [2.24, 2.45) is 17.0 Å². The third kappa shape index (κ3) is 3.65. The molecule has 2 fully saturated rings. The standard InChI is InChI=1S/C17H21N5O2S/c18-22-21-11-5-6-13-12(7-11)14(16(24)19-8-9-1-2-9)17(25-13)20-15(23)10-3-4-10/h9-11,18H,1-8H2,(H-,19,20,23,24)/p+1. The molecule has 2 saturated carbocycles. The Bertz CT molecular complexity index is 759. The van der Waals surface area contributed by atoms with E-state index in [0.717, 1.165) is 36.1 Å². The van der Waals surface area contributed by atoms with Crippen molar-refractivity contribution in [2.75, 3.05) is 11.9 Å². The third-order valence-electron chi connectivity index (χ3n) is 5.12. The molecule has 3 N–H and O–H groups in total. The zero-order chi connectivity index (χ0) is 17.4. The molecule has 8 heteroatoms. The largest absolute Gasteiger partial charge is 0.352 e. The van der Waals surface area contributed by atoms with E-state index in [4.69, 9.17) is 5.53 Å². The van der Waals surface area contributed by atoms with E-state index in [9.17, 15) is 9.59 Å². The summed E-state index contributed by atoms with van der Waals surface area (Å²) in [6.45, 7) is 0.704. The number of hydrogen-bond donors (Lipinski definition) is 3. The van der Waals surface area contributed by atoms with Gasteiger partial charge < -0.3 is 10.6 Å². The minimum Gasteiger partial charge on any atom is -0.352 e. The van der Waals surface area contributed by atoms with E-state index in [0.29, 0.717) is 29.4 Å². The second kappa shape index (κ2) is 6.69. The Kier molecular flexibility index (Phi) is 4.39. The summed E-state index contributed by atoms with van der Waals surface area (Å²) in [5.74, 6) is 0.635. The molecule has 0 aromatic carbocycles. The first-order chi connectivity index (χ1) is 12.2. The van der Waals surface area contributed by atoms with Gasteiger partial charge in [-0.3, -0.25) is 9.59 Å². The van der Waals surface area contributed by atoms with Crippen LogP contribution in [0.3, 0.4) is 0 Å². The number of carbonyl (C=O) groups excluding carboxylic acids is 2. The molecule has 1 aromatic rings. The average Bonchev–Trinajstić information content (AvgIpc) is 3.49. The van der Waals surface area contributed by atoms with Crippen LogP contribution in [0, 0.1) is 17.4 Å². The first-order valence-corrected chi connectivity index (χ1v) is 9.77. The van der Waals surface area contributed by atoms with E-state index >= 15 is 0 Å². The minimum atomic E-state index is -0.0982. The van der Waals surface area contributed by atoms with E-state index in [2.05, 4.69) is 20.7 Å². The minimum absolute atomic E-state index is 0.0252. The van der Waals surface area contributed by atoms with E-state index in [1.807, 2.05) is 0 Å². The Labute approximate surface area is 149 Å². The summed E-state index contributed by atoms with van der Waals surface area (Å²) in [6, 6.07) is -0.0541. The SMILES string of the molecule is N=[N+]=NC1CCc2sc(NC(=O)C3CC3)c(C(=O)NCC3CC3)c2C1. The first kappa shape index (κ1) is 16.4. The molecule has 1 heterocycles. The summed E-state index contributed by atoms with van der Waals surface area (Å²) in [6.07, 6.45) is 6.48. The van der Waals surface area contributed by atoms with Crippen LogP contribution in [-0.4, -0.2) is 24.4 Å². The number of fused-ring (bicyclic) bond motifs is 1. The Balaban J connectivity index is 1.61. The molecule has 3 aliphatic rings. The third-order valence-corrected chi connectivity index (χ3v) is 6.32. The van der Waals surface area contributed by atoms with Gasteiger partial charge in [-0.2, -0.15) is 0 Å². The Morgan fingerprint density at radius 2 is 2.04 bits per heavy atom. The van der Waals surface area contributed by atoms with Crippen molar-refractivity contribution < 1.29 is 9.59 Å². The predicted octanol–water partition coefficient (Wildman–Crippen LogP) is 2.64. The van der Waals surface area contributed by atoms with Gasteiger partial charge in [0.05, 0.1) is 5.56 Å². The van der Waals surface area contributed by atoms with Crippen LogP contribution in [0.25, 0.3) is 0 Å². The first-order valence-electron chi connectivity index (χ1n) is 8.96. The highest BCUT2D eigenvalue weighted by Crippen LogP contribution is 2.40. The van der Waals surface area contributed by atoms with Crippen LogP contribution in [-0.2, 0) is 17.6 Å². The van der Waals surface area contributed by atoms with Gasteiger partial charge in [0, 0.05) is 23.8 Å². The summed E-state index contributed by atoms with van der Waals surface area (Å²) < 4.78 is 0. The molecule has 2 amide bonds. The van der Waals surface area contributed by atoms with E-state index < -0.39 is 0 Å². The number of hydrogen-bond acceptors (Lipinski definition) is 5. The summed E-state index contributed by atoms with van der Waals surface area (Å²) in [5, 5.41) is 10.6. The van der Waals surface area contributed by atoms with Crippen LogP contribution < -0.4 is 15.5 Å². The zero-order valence-electron chi connectivity index (χ0n) is 14.0. The van der Waals surface area contributed by atoms with Gasteiger partial charge >= 0.3 is 0 Å². The van der Waals surface area contributed by atoms with Crippen LogP contribution in [0.15, 0.2) is 5.11 Å². The Hall–Kier alpha value is -2.05. The van der Waals surface area contributed by atoms with Gasteiger partial charge in [-0.05, 0) is 50.0 Å². The highest BCUT2D eigenvalue weighted by molar-refractivity contribution is 7.17. The Morgan fingerprint density at radius 1 is 1.24 bits per heavy atom. The van der Waals surface area contributed by atoms with Crippen molar-refractivity contribution in [1.82, 2.24) is 10.2 Å². The summed E-state index contributed by atoms with van der Waals surface area (Å²) in [7, 11) is 0. The molecule has 0 aliphatic heterocycles. The molecular weight excluding hydrogens is 338 g/mol. The van der Waals surface area contributed by atoms with Crippen LogP contribution in [0.2, 0.25) is 0 Å². The molecule has 0 spiro atoms. The van der Waals surface area contributed by atoms with Crippen molar-refractivity contribution in [2.45, 2.75) is 51.0 Å². The summed E-state index contributed by atoms with van der Waals surface area (Å²) in [5.41, 5.74) is 8.55. The highest BCUT2D eigenvalue weighted by Gasteiger charge is 2.35. The molecule has 0 radical (unpaired) electrons. The topological polar surface area (TPSA) is 109 Å². The molecule has 0 bridgehead atoms. The number of anilines is 1. The van der Waals surface area contributed by atoms with Gasteiger partial charge in [-0.1, -0.05) is 0 Å². The van der Waals surface area contributed by atoms with Crippen molar-refractivity contribution in [3.05, 3.63) is 16.0 Å². The fourth-order valence-electron chi connectivity index (χ4n) is 3.28. The summed E-state index contributed by atoms with van der Waals surface area (Å²) in [4.78, 5) is 29.3. The van der Waals surface area contributed by atoms with Crippen molar-refractivity contribution in [1.29, 1.82) is 5.53 Å². The van der Waals surface area contributed by atoms with Crippen LogP contribution in [0.5, 0.6) is 0 Å². The maximum absolute atomic E-state index is 12.8. The number of carbonyl (C=O) groups is 2. The number of nitrogens with zero attached hydrogens (tertiary/aromatic N) is 2. The van der Waals surface area contributed by atoms with E-state index in [1.165, 1.54) is 24.2 Å². The van der Waals surface area contributed by atoms with Crippen LogP contribution >= 0.6 is 11.3 Å². The lowest BCUT2D eigenvalue weighted by atomic mass is 9.91. The van der Waals surface area contributed by atoms with Crippen molar-refractivity contribution in [3.8, 4) is 0 Å². The van der Waals surface area contributed by atoms with Gasteiger partial charge in [0.2, 0.25) is 10.8 Å². The zero-order valence-corrected chi connectivity index (χ0v) is 14.8. The fraction of sp³-hybridized carbons (Fsp3) is 0.647. The van der Waals surface area contributed by atoms with E-state index in [-0.39, 0.29) is 23.8 Å². The molecular formula is C17H22N5O2S+. The van der Waals surface area contributed by atoms with E-state index in [1.54, 1.807) is 0 Å². The van der Waals surface area contributed by atoms with Gasteiger partial charge in [0.1, 0.15) is 21.7 Å². The maximum Gasteiger partial charge on any atom is 0.254 e. The molecule has 25 heavy (non-hydrogen) atoms. The van der Waals surface area contributed by atoms with Crippen molar-refractivity contribution >= 4 is 28.2 Å². The second-order valence-electron chi connectivity index (χ2n) is 7.24. The highest BCUT2D eigenvalue weighted by atomic mass is 32.1. The monoisotopic (exact) mass is 360 g/mol. The molecule has 1 aromatic heterocycles. The number of aryl methyl sites for hydroxylation is 1. The molecule has 1 atom stereocenters. The maximum atomic E-state index is 12.8. The molecule has 7 nitrogen and oxygen atoms in total. The summed E-state index contributed by atoms with van der Waals surface area (Å²) >= 11 is 1.52. The number of amides is 2. The molecule has 3 aliphatic carbocycles. The van der Waals surface area contributed by atoms with Gasteiger partial charge in [-0.15, -0.1) is 11.3 Å². The quantitative estimate of drug-likeness (QED) is 0.535. The second-order valence-corrected chi connectivity index (χ2v) is 8.34. The van der Waals surface area contributed by atoms with Gasteiger partial charge in [0.25, 0.3) is 5.91 Å². The Morgan fingerprint density at radius 3 is 2.72 bits per heavy atom. The molecule has 132 valence electrons. The predicted molar refractivity (Wildman–Crippen MR) is 93.8 cm³/mol. The lowest BCUT2D eigenvalue weighted by molar-refractivity contribution is -0.117. The van der Waals surface area contributed by atoms with Crippen LogP contribution in [0.4, 0.5) is 5.00 Å². The molecule has 4 rings (SSSR count). The normalized spacial score (nSPS) is 21.8. The fourth-order valence-corrected chi connectivity index (χ4v) is 4.53.